The zero-order valence-electron chi connectivity index (χ0n) is 11.1. The van der Waals surface area contributed by atoms with Crippen LogP contribution in [0.1, 0.15) is 32.6 Å². The molecule has 2 aromatic rings. The minimum absolute atomic E-state index is 0.165. The third-order valence-electron chi connectivity index (χ3n) is 3.23. The van der Waals surface area contributed by atoms with Crippen molar-refractivity contribution < 1.29 is 0 Å². The fraction of sp³-hybridized carbons (Fsp3) is 0.250. The van der Waals surface area contributed by atoms with Gasteiger partial charge in [0.15, 0.2) is 0 Å². The van der Waals surface area contributed by atoms with Crippen molar-refractivity contribution in [3.05, 3.63) is 67.6 Å². The molecule has 0 amide bonds. The number of benzene rings is 2. The maximum Gasteiger partial charge on any atom is 0.0650 e. The van der Waals surface area contributed by atoms with Gasteiger partial charge < -0.3 is 0 Å². The van der Waals surface area contributed by atoms with Gasteiger partial charge in [-0.1, -0.05) is 51.3 Å². The van der Waals surface area contributed by atoms with Crippen LogP contribution >= 0.6 is 43.5 Å². The summed E-state index contributed by atoms with van der Waals surface area (Å²) in [7, 11) is 0. The highest BCUT2D eigenvalue weighted by atomic mass is 79.9. The molecule has 0 nitrogen and oxygen atoms in total. The van der Waals surface area contributed by atoms with Crippen LogP contribution in [0.2, 0.25) is 5.02 Å². The summed E-state index contributed by atoms with van der Waals surface area (Å²) in [5, 5.41) is 0.740. The predicted molar refractivity (Wildman–Crippen MR) is 90.6 cm³/mol. The van der Waals surface area contributed by atoms with Gasteiger partial charge in [-0.2, -0.15) is 0 Å². The third kappa shape index (κ3) is 3.24. The third-order valence-corrected chi connectivity index (χ3v) is 5.45. The van der Waals surface area contributed by atoms with Gasteiger partial charge in [0.05, 0.1) is 9.85 Å². The average Bonchev–Trinajstić information content (AvgIpc) is 2.31. The fourth-order valence-electron chi connectivity index (χ4n) is 2.43. The Morgan fingerprint density at radius 2 is 1.58 bits per heavy atom. The Balaban J connectivity index is 2.49. The first-order valence-corrected chi connectivity index (χ1v) is 8.15. The molecule has 0 saturated heterocycles. The summed E-state index contributed by atoms with van der Waals surface area (Å²) < 4.78 is 0.926. The summed E-state index contributed by atoms with van der Waals surface area (Å²) in [5.74, 6) is 0. The molecule has 0 aromatic heterocycles. The lowest BCUT2D eigenvalue weighted by atomic mass is 9.94. The van der Waals surface area contributed by atoms with Gasteiger partial charge in [-0.15, -0.1) is 0 Å². The van der Waals surface area contributed by atoms with Gasteiger partial charge in [-0.3, -0.25) is 0 Å². The van der Waals surface area contributed by atoms with Gasteiger partial charge in [-0.25, -0.2) is 0 Å². The van der Waals surface area contributed by atoms with Crippen LogP contribution < -0.4 is 0 Å². The van der Waals surface area contributed by atoms with E-state index in [1.807, 2.05) is 12.1 Å². The molecule has 0 radical (unpaired) electrons. The molecule has 1 unspecified atom stereocenters. The monoisotopic (exact) mass is 400 g/mol. The van der Waals surface area contributed by atoms with Crippen LogP contribution in [0.15, 0.2) is 34.8 Å². The van der Waals surface area contributed by atoms with E-state index in [9.17, 15) is 0 Å². The smallest absolute Gasteiger partial charge is 0.0650 e. The molecule has 1 atom stereocenters. The van der Waals surface area contributed by atoms with Crippen molar-refractivity contribution in [3.63, 3.8) is 0 Å². The molecule has 0 aliphatic heterocycles. The van der Waals surface area contributed by atoms with E-state index in [1.165, 1.54) is 27.8 Å². The van der Waals surface area contributed by atoms with Gasteiger partial charge in [-0.05, 0) is 71.1 Å². The number of alkyl halides is 1. The van der Waals surface area contributed by atoms with Crippen molar-refractivity contribution in [1.82, 2.24) is 0 Å². The lowest BCUT2D eigenvalue weighted by molar-refractivity contribution is 1.10. The Kier molecular flexibility index (Phi) is 4.75. The summed E-state index contributed by atoms with van der Waals surface area (Å²) in [6.45, 7) is 6.44. The molecule has 100 valence electrons. The van der Waals surface area contributed by atoms with Crippen molar-refractivity contribution in [2.75, 3.05) is 0 Å². The van der Waals surface area contributed by atoms with Crippen molar-refractivity contribution in [2.24, 2.45) is 0 Å². The van der Waals surface area contributed by atoms with Crippen LogP contribution in [0.5, 0.6) is 0 Å². The molecule has 2 rings (SSSR count). The largest absolute Gasteiger partial charge is 0.0831 e. The summed E-state index contributed by atoms with van der Waals surface area (Å²) in [4.78, 5) is 0.165. The van der Waals surface area contributed by atoms with Gasteiger partial charge in [0.1, 0.15) is 0 Å². The Bertz CT molecular complexity index is 597. The molecule has 0 fully saturated rings. The van der Waals surface area contributed by atoms with Crippen LogP contribution in [0.3, 0.4) is 0 Å². The van der Waals surface area contributed by atoms with E-state index in [1.54, 1.807) is 0 Å². The molecular weight excluding hydrogens is 387 g/mol. The van der Waals surface area contributed by atoms with Crippen LogP contribution in [0.25, 0.3) is 0 Å². The van der Waals surface area contributed by atoms with E-state index in [2.05, 4.69) is 70.8 Å². The summed E-state index contributed by atoms with van der Waals surface area (Å²) in [6, 6.07) is 10.5. The lowest BCUT2D eigenvalue weighted by Crippen LogP contribution is -2.00. The Morgan fingerprint density at radius 3 is 2.11 bits per heavy atom. The highest BCUT2D eigenvalue weighted by Gasteiger charge is 2.16. The van der Waals surface area contributed by atoms with E-state index in [0.29, 0.717) is 0 Å². The van der Waals surface area contributed by atoms with Gasteiger partial charge in [0.25, 0.3) is 0 Å². The number of hydrogen-bond donors (Lipinski definition) is 0. The summed E-state index contributed by atoms with van der Waals surface area (Å²) in [5.41, 5.74) is 6.40. The number of hydrogen-bond acceptors (Lipinski definition) is 0. The van der Waals surface area contributed by atoms with E-state index >= 15 is 0 Å². The second-order valence-electron chi connectivity index (χ2n) is 4.85. The average molecular weight is 403 g/mol. The first kappa shape index (κ1) is 15.1. The zero-order valence-corrected chi connectivity index (χ0v) is 15.0. The van der Waals surface area contributed by atoms with Crippen LogP contribution in [-0.4, -0.2) is 0 Å². The van der Waals surface area contributed by atoms with Crippen molar-refractivity contribution in [3.8, 4) is 0 Å². The highest BCUT2D eigenvalue weighted by Crippen LogP contribution is 2.37. The fourth-order valence-corrected chi connectivity index (χ4v) is 3.87. The number of rotatable bonds is 2. The molecule has 0 bridgehead atoms. The van der Waals surface area contributed by atoms with Crippen LogP contribution in [-0.2, 0) is 0 Å². The second kappa shape index (κ2) is 5.99. The molecule has 0 aliphatic rings. The molecule has 0 N–H and O–H groups in total. The molecular formula is C16H15Br2Cl. The molecule has 19 heavy (non-hydrogen) atoms. The van der Waals surface area contributed by atoms with Crippen molar-refractivity contribution in [1.29, 1.82) is 0 Å². The topological polar surface area (TPSA) is 0 Å². The quantitative estimate of drug-likeness (QED) is 0.502. The van der Waals surface area contributed by atoms with Crippen molar-refractivity contribution >= 4 is 43.5 Å². The van der Waals surface area contributed by atoms with Crippen molar-refractivity contribution in [2.45, 2.75) is 25.6 Å². The van der Waals surface area contributed by atoms with Crippen LogP contribution in [0.4, 0.5) is 0 Å². The Labute approximate surface area is 136 Å². The first-order chi connectivity index (χ1) is 8.90. The van der Waals surface area contributed by atoms with E-state index in [0.717, 1.165) is 9.50 Å². The van der Waals surface area contributed by atoms with E-state index in [4.69, 9.17) is 11.6 Å². The number of aryl methyl sites for hydroxylation is 3. The Morgan fingerprint density at radius 1 is 1.00 bits per heavy atom. The highest BCUT2D eigenvalue weighted by molar-refractivity contribution is 9.10. The minimum atomic E-state index is 0.165. The standard InChI is InChI=1S/C16H15Br2Cl/c1-9-6-10(2)15(11(3)7-9)16(18)12-4-5-13(17)14(19)8-12/h4-8,16H,1-3H3. The first-order valence-electron chi connectivity index (χ1n) is 6.07. The molecule has 0 spiro atoms. The normalized spacial score (nSPS) is 12.5. The van der Waals surface area contributed by atoms with E-state index in [-0.39, 0.29) is 4.83 Å². The second-order valence-corrected chi connectivity index (χ2v) is 7.03. The predicted octanol–water partition coefficient (Wildman–Crippen LogP) is 6.51. The molecule has 0 aliphatic carbocycles. The molecule has 2 aromatic carbocycles. The van der Waals surface area contributed by atoms with Crippen LogP contribution in [0, 0.1) is 20.8 Å². The number of halogens is 3. The minimum Gasteiger partial charge on any atom is -0.0831 e. The summed E-state index contributed by atoms with van der Waals surface area (Å²) >= 11 is 13.4. The SMILES string of the molecule is Cc1cc(C)c(C(Br)c2ccc(Br)c(Cl)c2)c(C)c1. The summed E-state index contributed by atoms with van der Waals surface area (Å²) in [6.07, 6.45) is 0. The Hall–Kier alpha value is -0.310. The molecule has 0 heterocycles. The maximum absolute atomic E-state index is 6.18. The maximum atomic E-state index is 6.18. The van der Waals surface area contributed by atoms with Gasteiger partial charge in [0, 0.05) is 4.47 Å². The lowest BCUT2D eigenvalue weighted by Gasteiger charge is -2.18. The van der Waals surface area contributed by atoms with Gasteiger partial charge >= 0.3 is 0 Å². The molecule has 0 saturated carbocycles. The molecule has 3 heteroatoms. The van der Waals surface area contributed by atoms with Gasteiger partial charge in [0.2, 0.25) is 0 Å². The van der Waals surface area contributed by atoms with E-state index < -0.39 is 0 Å². The zero-order chi connectivity index (χ0) is 14.2.